The lowest BCUT2D eigenvalue weighted by molar-refractivity contribution is -0.258. The molecule has 13 heavy (non-hydrogen) atoms. The number of ether oxygens (including phenoxy) is 2. The largest absolute Gasteiger partial charge is 0.363 e. The van der Waals surface area contributed by atoms with Gasteiger partial charge in [0.15, 0.2) is 0 Å². The van der Waals surface area contributed by atoms with Crippen LogP contribution in [0.4, 0.5) is 0 Å². The first kappa shape index (κ1) is 10.4. The molecule has 1 fully saturated rings. The minimum Gasteiger partial charge on any atom is -0.363 e. The molecule has 5 nitrogen and oxygen atoms in total. The fourth-order valence-electron chi connectivity index (χ4n) is 1.23. The highest BCUT2D eigenvalue weighted by atomic mass is 16.8. The first-order valence-corrected chi connectivity index (χ1v) is 4.29. The monoisotopic (exact) mass is 189 g/mol. The zero-order valence-corrected chi connectivity index (χ0v) is 7.99. The van der Waals surface area contributed by atoms with Crippen molar-refractivity contribution in [1.82, 2.24) is 5.06 Å². The summed E-state index contributed by atoms with van der Waals surface area (Å²) >= 11 is 0. The Morgan fingerprint density at radius 2 is 2.38 bits per heavy atom. The summed E-state index contributed by atoms with van der Waals surface area (Å²) in [6.07, 6.45) is 1.53. The molecule has 0 spiro atoms. The Balaban J connectivity index is 2.48. The average Bonchev–Trinajstić information content (AvgIpc) is 2.28. The Morgan fingerprint density at radius 1 is 1.62 bits per heavy atom. The van der Waals surface area contributed by atoms with Gasteiger partial charge in [-0.05, 0) is 12.8 Å². The summed E-state index contributed by atoms with van der Waals surface area (Å²) in [6, 6.07) is 0. The van der Waals surface area contributed by atoms with E-state index in [1.807, 2.05) is 0 Å². The second-order valence-corrected chi connectivity index (χ2v) is 2.87. The third kappa shape index (κ3) is 3.30. The third-order valence-corrected chi connectivity index (χ3v) is 1.80. The molecule has 1 aliphatic heterocycles. The van der Waals surface area contributed by atoms with Crippen molar-refractivity contribution in [2.45, 2.75) is 26.0 Å². The van der Waals surface area contributed by atoms with E-state index in [0.29, 0.717) is 6.61 Å². The minimum atomic E-state index is -0.354. The van der Waals surface area contributed by atoms with E-state index < -0.39 is 0 Å². The molecule has 1 heterocycles. The van der Waals surface area contributed by atoms with Crippen LogP contribution in [0.25, 0.3) is 0 Å². The number of carbonyl (C=O) groups is 1. The molecule has 5 heteroatoms. The Bertz CT molecular complexity index is 174. The summed E-state index contributed by atoms with van der Waals surface area (Å²) in [4.78, 5) is 15.6. The number of methoxy groups -OCH3 is 1. The van der Waals surface area contributed by atoms with Crippen LogP contribution < -0.4 is 0 Å². The molecule has 0 N–H and O–H groups in total. The Labute approximate surface area is 77.5 Å². The topological polar surface area (TPSA) is 48.0 Å². The van der Waals surface area contributed by atoms with Gasteiger partial charge in [-0.15, -0.1) is 0 Å². The lowest BCUT2D eigenvalue weighted by atomic mass is 10.3. The predicted molar refractivity (Wildman–Crippen MR) is 44.5 cm³/mol. The lowest BCUT2D eigenvalue weighted by Crippen LogP contribution is -2.38. The van der Waals surface area contributed by atoms with Gasteiger partial charge in [-0.1, -0.05) is 5.06 Å². The smallest absolute Gasteiger partial charge is 0.322 e. The van der Waals surface area contributed by atoms with Gasteiger partial charge in [-0.3, -0.25) is 4.79 Å². The van der Waals surface area contributed by atoms with Gasteiger partial charge < -0.3 is 14.3 Å². The van der Waals surface area contributed by atoms with Crippen molar-refractivity contribution in [2.24, 2.45) is 0 Å². The van der Waals surface area contributed by atoms with Gasteiger partial charge in [0.2, 0.25) is 0 Å². The van der Waals surface area contributed by atoms with Crippen molar-refractivity contribution in [3.8, 4) is 0 Å². The van der Waals surface area contributed by atoms with Gasteiger partial charge in [-0.25, -0.2) is 0 Å². The van der Waals surface area contributed by atoms with Crippen molar-refractivity contribution in [2.75, 3.05) is 20.4 Å². The van der Waals surface area contributed by atoms with Gasteiger partial charge >= 0.3 is 5.97 Å². The van der Waals surface area contributed by atoms with Crippen LogP contribution in [0.3, 0.4) is 0 Å². The zero-order valence-electron chi connectivity index (χ0n) is 7.99. The standard InChI is InChI=1S/C8H15NO4/c1-7(10)13-9-6-12-5-3-4-8(9)11-2/h8H,3-6H2,1-2H3. The molecule has 0 amide bonds. The molecule has 1 aliphatic rings. The molecule has 0 aliphatic carbocycles. The van der Waals surface area contributed by atoms with Gasteiger partial charge in [0.05, 0.1) is 0 Å². The summed E-state index contributed by atoms with van der Waals surface area (Å²) < 4.78 is 10.4. The van der Waals surface area contributed by atoms with E-state index in [-0.39, 0.29) is 18.9 Å². The molecule has 0 bridgehead atoms. The first-order valence-electron chi connectivity index (χ1n) is 4.29. The predicted octanol–water partition coefficient (Wildman–Crippen LogP) is 0.507. The third-order valence-electron chi connectivity index (χ3n) is 1.80. The molecule has 0 aromatic carbocycles. The van der Waals surface area contributed by atoms with Crippen LogP contribution in [-0.2, 0) is 19.1 Å². The Morgan fingerprint density at radius 3 is 3.00 bits per heavy atom. The molecular weight excluding hydrogens is 174 g/mol. The number of hydrogen-bond acceptors (Lipinski definition) is 5. The van der Waals surface area contributed by atoms with E-state index in [1.165, 1.54) is 12.0 Å². The second-order valence-electron chi connectivity index (χ2n) is 2.87. The van der Waals surface area contributed by atoms with E-state index >= 15 is 0 Å². The van der Waals surface area contributed by atoms with E-state index in [0.717, 1.165) is 12.8 Å². The van der Waals surface area contributed by atoms with E-state index in [9.17, 15) is 4.79 Å². The van der Waals surface area contributed by atoms with Crippen LogP contribution in [0.2, 0.25) is 0 Å². The lowest BCUT2D eigenvalue weighted by Gasteiger charge is -2.25. The number of carbonyl (C=O) groups excluding carboxylic acids is 1. The quantitative estimate of drug-likeness (QED) is 0.633. The highest BCUT2D eigenvalue weighted by Gasteiger charge is 2.23. The second kappa shape index (κ2) is 5.16. The molecular formula is C8H15NO4. The van der Waals surface area contributed by atoms with Gasteiger partial charge in [0.1, 0.15) is 13.0 Å². The SMILES string of the molecule is COC1CCCOCN1OC(C)=O. The maximum absolute atomic E-state index is 10.7. The molecule has 1 unspecified atom stereocenters. The fourth-order valence-corrected chi connectivity index (χ4v) is 1.23. The molecule has 0 radical (unpaired) electrons. The van der Waals surface area contributed by atoms with Crippen molar-refractivity contribution in [1.29, 1.82) is 0 Å². The highest BCUT2D eigenvalue weighted by Crippen LogP contribution is 2.12. The van der Waals surface area contributed by atoms with Crippen molar-refractivity contribution >= 4 is 5.97 Å². The summed E-state index contributed by atoms with van der Waals surface area (Å²) in [5.41, 5.74) is 0. The van der Waals surface area contributed by atoms with Gasteiger partial charge in [0, 0.05) is 20.6 Å². The molecule has 1 atom stereocenters. The normalized spacial score (nSPS) is 25.2. The van der Waals surface area contributed by atoms with Crippen molar-refractivity contribution < 1.29 is 19.1 Å². The summed E-state index contributed by atoms with van der Waals surface area (Å²) in [5, 5.41) is 1.43. The molecule has 1 rings (SSSR count). The summed E-state index contributed by atoms with van der Waals surface area (Å²) in [6.45, 7) is 2.31. The van der Waals surface area contributed by atoms with E-state index in [2.05, 4.69) is 0 Å². The number of hydrogen-bond donors (Lipinski definition) is 0. The molecule has 0 aromatic heterocycles. The molecule has 1 saturated heterocycles. The van der Waals surface area contributed by atoms with Crippen LogP contribution in [-0.4, -0.2) is 37.7 Å². The van der Waals surface area contributed by atoms with E-state index in [4.69, 9.17) is 14.3 Å². The van der Waals surface area contributed by atoms with Crippen molar-refractivity contribution in [3.63, 3.8) is 0 Å². The fraction of sp³-hybridized carbons (Fsp3) is 0.875. The highest BCUT2D eigenvalue weighted by molar-refractivity contribution is 5.65. The maximum Gasteiger partial charge on any atom is 0.322 e. The number of rotatable bonds is 2. The number of hydroxylamine groups is 2. The van der Waals surface area contributed by atoms with Gasteiger partial charge in [-0.2, -0.15) is 0 Å². The summed E-state index contributed by atoms with van der Waals surface area (Å²) in [5.74, 6) is -0.354. The molecule has 76 valence electrons. The Hall–Kier alpha value is -0.650. The maximum atomic E-state index is 10.7. The first-order chi connectivity index (χ1) is 6.24. The summed E-state index contributed by atoms with van der Waals surface area (Å²) in [7, 11) is 1.59. The Kier molecular flexibility index (Phi) is 4.14. The van der Waals surface area contributed by atoms with Crippen LogP contribution in [0.15, 0.2) is 0 Å². The van der Waals surface area contributed by atoms with Crippen molar-refractivity contribution in [3.05, 3.63) is 0 Å². The molecule has 0 aromatic rings. The van der Waals surface area contributed by atoms with Crippen LogP contribution in [0, 0.1) is 0 Å². The average molecular weight is 189 g/mol. The zero-order chi connectivity index (χ0) is 9.68. The van der Waals surface area contributed by atoms with Crippen LogP contribution in [0.1, 0.15) is 19.8 Å². The van der Waals surface area contributed by atoms with Crippen LogP contribution in [0.5, 0.6) is 0 Å². The van der Waals surface area contributed by atoms with Crippen LogP contribution >= 0.6 is 0 Å². The minimum absolute atomic E-state index is 0.189. The molecule has 0 saturated carbocycles. The van der Waals surface area contributed by atoms with Gasteiger partial charge in [0.25, 0.3) is 0 Å². The number of nitrogens with zero attached hydrogens (tertiary/aromatic N) is 1. The van der Waals surface area contributed by atoms with E-state index in [1.54, 1.807) is 7.11 Å².